The molecule has 3 nitrogen and oxygen atoms in total. The summed E-state index contributed by atoms with van der Waals surface area (Å²) in [6.07, 6.45) is 5.97. The summed E-state index contributed by atoms with van der Waals surface area (Å²) >= 11 is 0. The highest BCUT2D eigenvalue weighted by Crippen LogP contribution is 2.33. The van der Waals surface area contributed by atoms with Gasteiger partial charge in [-0.15, -0.1) is 0 Å². The smallest absolute Gasteiger partial charge is 0.106 e. The molecule has 90 valence electrons. The molecule has 3 heteroatoms. The third-order valence-electron chi connectivity index (χ3n) is 3.76. The predicted octanol–water partition coefficient (Wildman–Crippen LogP) is 3.12. The molecule has 1 atom stereocenters. The van der Waals surface area contributed by atoms with Crippen molar-refractivity contribution in [3.05, 3.63) is 29.8 Å². The molecular formula is C14H19N3. The second kappa shape index (κ2) is 4.49. The first-order valence-electron chi connectivity index (χ1n) is 6.52. The van der Waals surface area contributed by atoms with E-state index >= 15 is 0 Å². The maximum absolute atomic E-state index is 4.56. The van der Waals surface area contributed by atoms with E-state index in [4.69, 9.17) is 0 Å². The van der Waals surface area contributed by atoms with Crippen molar-refractivity contribution in [1.82, 2.24) is 10.0 Å². The zero-order valence-electron chi connectivity index (χ0n) is 10.3. The van der Waals surface area contributed by atoms with E-state index in [0.29, 0.717) is 6.04 Å². The van der Waals surface area contributed by atoms with E-state index in [1.54, 1.807) is 0 Å². The number of nitrogens with zero attached hydrogens (tertiary/aromatic N) is 3. The molecule has 1 saturated heterocycles. The Bertz CT molecular complexity index is 421. The van der Waals surface area contributed by atoms with Gasteiger partial charge in [0.1, 0.15) is 6.34 Å². The van der Waals surface area contributed by atoms with Gasteiger partial charge in [-0.25, -0.2) is 10.0 Å². The average Bonchev–Trinajstić information content (AvgIpc) is 2.40. The third kappa shape index (κ3) is 1.95. The minimum atomic E-state index is 0.404. The first-order valence-corrected chi connectivity index (χ1v) is 6.52. The van der Waals surface area contributed by atoms with E-state index in [-0.39, 0.29) is 0 Å². The molecule has 0 N–H and O–H groups in total. The number of fused-ring (bicyclic) bond motifs is 1. The summed E-state index contributed by atoms with van der Waals surface area (Å²) < 4.78 is 0. The fourth-order valence-corrected chi connectivity index (χ4v) is 2.75. The van der Waals surface area contributed by atoms with E-state index in [1.165, 1.54) is 37.9 Å². The molecule has 2 aliphatic heterocycles. The number of hydrogen-bond donors (Lipinski definition) is 0. The molecule has 3 rings (SSSR count). The number of hydrogen-bond acceptors (Lipinski definition) is 3. The van der Waals surface area contributed by atoms with E-state index in [0.717, 1.165) is 5.69 Å². The predicted molar refractivity (Wildman–Crippen MR) is 70.3 cm³/mol. The lowest BCUT2D eigenvalue weighted by molar-refractivity contribution is -0.000372. The summed E-state index contributed by atoms with van der Waals surface area (Å²) in [5.74, 6) is 0. The Hall–Kier alpha value is -1.35. The van der Waals surface area contributed by atoms with Crippen molar-refractivity contribution in [2.75, 3.05) is 13.1 Å². The van der Waals surface area contributed by atoms with Gasteiger partial charge in [-0.2, -0.15) is 0 Å². The Morgan fingerprint density at radius 2 is 1.88 bits per heavy atom. The van der Waals surface area contributed by atoms with Crippen LogP contribution in [0.25, 0.3) is 0 Å². The van der Waals surface area contributed by atoms with Crippen molar-refractivity contribution in [3.63, 3.8) is 0 Å². The van der Waals surface area contributed by atoms with Crippen LogP contribution >= 0.6 is 0 Å². The molecule has 2 heterocycles. The van der Waals surface area contributed by atoms with Gasteiger partial charge in [-0.05, 0) is 25.8 Å². The third-order valence-corrected chi connectivity index (χ3v) is 3.76. The van der Waals surface area contributed by atoms with Crippen molar-refractivity contribution < 1.29 is 0 Å². The minimum Gasteiger partial charge on any atom is -0.288 e. The summed E-state index contributed by atoms with van der Waals surface area (Å²) in [4.78, 5) is 4.56. The van der Waals surface area contributed by atoms with Gasteiger partial charge in [-0.1, -0.05) is 24.6 Å². The molecule has 0 spiro atoms. The van der Waals surface area contributed by atoms with Crippen LogP contribution in [0.15, 0.2) is 29.3 Å². The molecule has 1 aromatic carbocycles. The fraction of sp³-hybridized carbons (Fsp3) is 0.500. The number of para-hydroxylation sites is 1. The molecular weight excluding hydrogens is 210 g/mol. The number of benzene rings is 1. The van der Waals surface area contributed by atoms with Crippen molar-refractivity contribution in [2.24, 2.45) is 4.99 Å². The van der Waals surface area contributed by atoms with Crippen molar-refractivity contribution in [2.45, 2.75) is 32.2 Å². The van der Waals surface area contributed by atoms with E-state index in [2.05, 4.69) is 46.2 Å². The van der Waals surface area contributed by atoms with Gasteiger partial charge in [0.2, 0.25) is 0 Å². The molecule has 17 heavy (non-hydrogen) atoms. The summed E-state index contributed by atoms with van der Waals surface area (Å²) in [7, 11) is 0. The van der Waals surface area contributed by atoms with Gasteiger partial charge < -0.3 is 0 Å². The molecule has 2 aliphatic rings. The number of rotatable bonds is 1. The van der Waals surface area contributed by atoms with Gasteiger partial charge in [-0.3, -0.25) is 5.01 Å². The number of hydrazine groups is 1. The summed E-state index contributed by atoms with van der Waals surface area (Å²) in [5, 5.41) is 4.75. The molecule has 0 radical (unpaired) electrons. The maximum Gasteiger partial charge on any atom is 0.106 e. The van der Waals surface area contributed by atoms with Crippen LogP contribution in [0.4, 0.5) is 5.69 Å². The fourth-order valence-electron chi connectivity index (χ4n) is 2.75. The van der Waals surface area contributed by atoms with E-state index in [1.807, 2.05) is 6.34 Å². The molecule has 1 unspecified atom stereocenters. The zero-order valence-corrected chi connectivity index (χ0v) is 10.3. The lowest BCUT2D eigenvalue weighted by atomic mass is 10.0. The number of aliphatic imine (C=N–C) groups is 1. The summed E-state index contributed by atoms with van der Waals surface area (Å²) in [6, 6.07) is 8.84. The van der Waals surface area contributed by atoms with Crippen LogP contribution in [0.1, 0.15) is 37.8 Å². The van der Waals surface area contributed by atoms with Crippen LogP contribution in [0, 0.1) is 0 Å². The Morgan fingerprint density at radius 1 is 1.12 bits per heavy atom. The molecule has 0 aliphatic carbocycles. The van der Waals surface area contributed by atoms with Gasteiger partial charge in [0.05, 0.1) is 11.7 Å². The van der Waals surface area contributed by atoms with Crippen molar-refractivity contribution >= 4 is 12.0 Å². The molecule has 0 saturated carbocycles. The highest BCUT2D eigenvalue weighted by atomic mass is 15.6. The van der Waals surface area contributed by atoms with Gasteiger partial charge >= 0.3 is 0 Å². The molecule has 0 bridgehead atoms. The Labute approximate surface area is 103 Å². The van der Waals surface area contributed by atoms with Gasteiger partial charge in [0.15, 0.2) is 0 Å². The van der Waals surface area contributed by atoms with Crippen LogP contribution in [0.2, 0.25) is 0 Å². The van der Waals surface area contributed by atoms with E-state index < -0.39 is 0 Å². The van der Waals surface area contributed by atoms with Crippen LogP contribution in [0.5, 0.6) is 0 Å². The van der Waals surface area contributed by atoms with Gasteiger partial charge in [0, 0.05) is 18.7 Å². The van der Waals surface area contributed by atoms with Crippen LogP contribution in [-0.4, -0.2) is 29.4 Å². The topological polar surface area (TPSA) is 18.8 Å². The minimum absolute atomic E-state index is 0.404. The molecule has 1 aromatic rings. The molecule has 0 aromatic heterocycles. The number of piperidine rings is 1. The normalized spacial score (nSPS) is 24.8. The SMILES string of the molecule is CC1c2ccccc2N=CN1N1CCCCC1. The lowest BCUT2D eigenvalue weighted by Gasteiger charge is -2.41. The van der Waals surface area contributed by atoms with Crippen molar-refractivity contribution in [1.29, 1.82) is 0 Å². The quantitative estimate of drug-likeness (QED) is 0.736. The Balaban J connectivity index is 1.85. The highest BCUT2D eigenvalue weighted by molar-refractivity contribution is 5.67. The second-order valence-electron chi connectivity index (χ2n) is 4.87. The van der Waals surface area contributed by atoms with E-state index in [9.17, 15) is 0 Å². The maximum atomic E-state index is 4.56. The summed E-state index contributed by atoms with van der Waals surface area (Å²) in [6.45, 7) is 4.59. The average molecular weight is 229 g/mol. The second-order valence-corrected chi connectivity index (χ2v) is 4.87. The van der Waals surface area contributed by atoms with Gasteiger partial charge in [0.25, 0.3) is 0 Å². The first-order chi connectivity index (χ1) is 8.36. The highest BCUT2D eigenvalue weighted by Gasteiger charge is 2.25. The lowest BCUT2D eigenvalue weighted by Crippen LogP contribution is -2.46. The molecule has 1 fully saturated rings. The van der Waals surface area contributed by atoms with Crippen LogP contribution < -0.4 is 0 Å². The Kier molecular flexibility index (Phi) is 2.85. The van der Waals surface area contributed by atoms with Crippen molar-refractivity contribution in [3.8, 4) is 0 Å². The Morgan fingerprint density at radius 3 is 2.71 bits per heavy atom. The summed E-state index contributed by atoms with van der Waals surface area (Å²) in [5.41, 5.74) is 2.45. The standard InChI is InChI=1S/C14H19N3/c1-12-13-7-3-4-8-14(13)15-11-17(12)16-9-5-2-6-10-16/h3-4,7-8,11-12H,2,5-6,9-10H2,1H3. The zero-order chi connectivity index (χ0) is 11.7. The largest absolute Gasteiger partial charge is 0.288 e. The van der Waals surface area contributed by atoms with Crippen LogP contribution in [0.3, 0.4) is 0 Å². The molecule has 0 amide bonds. The first kappa shape index (κ1) is 10.8. The van der Waals surface area contributed by atoms with Crippen LogP contribution in [-0.2, 0) is 0 Å². The monoisotopic (exact) mass is 229 g/mol.